The number of nitrogens with zero attached hydrogens (tertiary/aromatic N) is 1. The number of ether oxygens (including phenoxy) is 2. The van der Waals surface area contributed by atoms with E-state index in [9.17, 15) is 4.39 Å². The number of aliphatic imine (C=N–C) groups is 1. The van der Waals surface area contributed by atoms with Crippen LogP contribution in [0.1, 0.15) is 36.5 Å². The molecule has 3 rings (SSSR count). The number of nitrogens with one attached hydrogen (secondary N) is 2. The smallest absolute Gasteiger partial charge is 0.191 e. The van der Waals surface area contributed by atoms with Crippen molar-refractivity contribution in [3.05, 3.63) is 71.0 Å². The predicted octanol–water partition coefficient (Wildman–Crippen LogP) is 4.44. The Morgan fingerprint density at radius 2 is 1.77 bits per heavy atom. The van der Waals surface area contributed by atoms with Crippen molar-refractivity contribution in [1.29, 1.82) is 0 Å². The third-order valence-electron chi connectivity index (χ3n) is 5.09. The number of hydrogen-bond donors (Lipinski definition) is 2. The highest BCUT2D eigenvalue weighted by Gasteiger charge is 2.13. The largest absolute Gasteiger partial charge is 0.381 e. The fraction of sp³-hybridized carbons (Fsp3) is 0.458. The zero-order valence-electron chi connectivity index (χ0n) is 18.1. The molecule has 0 aliphatic carbocycles. The van der Waals surface area contributed by atoms with E-state index in [4.69, 9.17) is 9.47 Å². The van der Waals surface area contributed by atoms with Gasteiger partial charge in [-0.1, -0.05) is 42.5 Å². The highest BCUT2D eigenvalue weighted by Crippen LogP contribution is 2.14. The van der Waals surface area contributed by atoms with Gasteiger partial charge in [0, 0.05) is 26.3 Å². The molecule has 0 saturated carbocycles. The van der Waals surface area contributed by atoms with Crippen LogP contribution in [0.25, 0.3) is 0 Å². The van der Waals surface area contributed by atoms with E-state index in [-0.39, 0.29) is 29.8 Å². The number of halogens is 2. The van der Waals surface area contributed by atoms with Crippen LogP contribution in [-0.4, -0.2) is 38.4 Å². The summed E-state index contributed by atoms with van der Waals surface area (Å²) in [5.74, 6) is 0.572. The molecule has 2 aromatic rings. The Morgan fingerprint density at radius 3 is 2.48 bits per heavy atom. The van der Waals surface area contributed by atoms with Crippen molar-refractivity contribution >= 4 is 29.9 Å². The lowest BCUT2D eigenvalue weighted by atomic mass is 10.1. The van der Waals surface area contributed by atoms with Gasteiger partial charge in [-0.05, 0) is 48.9 Å². The minimum absolute atomic E-state index is 0. The monoisotopic (exact) mass is 541 g/mol. The molecule has 0 unspecified atom stereocenters. The molecule has 1 fully saturated rings. The number of hydrogen-bond acceptors (Lipinski definition) is 3. The summed E-state index contributed by atoms with van der Waals surface area (Å²) < 4.78 is 25.1. The van der Waals surface area contributed by atoms with Crippen molar-refractivity contribution in [3.63, 3.8) is 0 Å². The van der Waals surface area contributed by atoms with Crippen molar-refractivity contribution in [3.8, 4) is 0 Å². The van der Waals surface area contributed by atoms with Gasteiger partial charge in [-0.2, -0.15) is 0 Å². The van der Waals surface area contributed by atoms with Crippen LogP contribution in [0, 0.1) is 5.82 Å². The number of benzene rings is 2. The summed E-state index contributed by atoms with van der Waals surface area (Å²) in [4.78, 5) is 4.64. The summed E-state index contributed by atoms with van der Waals surface area (Å²) >= 11 is 0. The molecule has 1 heterocycles. The first kappa shape index (κ1) is 25.5. The van der Waals surface area contributed by atoms with Gasteiger partial charge in [-0.3, -0.25) is 0 Å². The molecule has 0 amide bonds. The maximum Gasteiger partial charge on any atom is 0.191 e. The van der Waals surface area contributed by atoms with Gasteiger partial charge in [-0.15, -0.1) is 24.0 Å². The second kappa shape index (κ2) is 14.4. The van der Waals surface area contributed by atoms with Crippen molar-refractivity contribution in [2.45, 2.75) is 45.4 Å². The van der Waals surface area contributed by atoms with Crippen molar-refractivity contribution in [2.75, 3.05) is 26.3 Å². The van der Waals surface area contributed by atoms with E-state index in [2.05, 4.69) is 39.9 Å². The summed E-state index contributed by atoms with van der Waals surface area (Å²) in [6.07, 6.45) is 2.87. The molecule has 0 radical (unpaired) electrons. The van der Waals surface area contributed by atoms with E-state index in [0.29, 0.717) is 37.8 Å². The van der Waals surface area contributed by atoms with Gasteiger partial charge in [0.2, 0.25) is 0 Å². The minimum atomic E-state index is -0.165. The first-order valence-electron chi connectivity index (χ1n) is 10.8. The summed E-state index contributed by atoms with van der Waals surface area (Å²) in [7, 11) is 0. The minimum Gasteiger partial charge on any atom is -0.381 e. The quantitative estimate of drug-likeness (QED) is 0.280. The number of rotatable bonds is 9. The molecule has 1 saturated heterocycles. The third kappa shape index (κ3) is 9.13. The van der Waals surface area contributed by atoms with Crippen LogP contribution in [0.2, 0.25) is 0 Å². The summed E-state index contributed by atoms with van der Waals surface area (Å²) in [5, 5.41) is 6.51. The lowest BCUT2D eigenvalue weighted by Gasteiger charge is -2.22. The Hall–Kier alpha value is -1.71. The zero-order valence-corrected chi connectivity index (χ0v) is 20.4. The fourth-order valence-electron chi connectivity index (χ4n) is 3.33. The standard InChI is InChI=1S/C24H32FN3O2.HI/c1-2-26-24(27-14-11-21-5-3-4-6-23(21)25)28-17-19-7-9-20(10-8-19)18-30-22-12-15-29-16-13-22;/h3-10,22H,2,11-18H2,1H3,(H2,26,27,28);1H. The maximum absolute atomic E-state index is 13.7. The Labute approximate surface area is 201 Å². The maximum atomic E-state index is 13.7. The molecular weight excluding hydrogens is 508 g/mol. The molecule has 0 bridgehead atoms. The Balaban J connectivity index is 0.00000341. The van der Waals surface area contributed by atoms with Gasteiger partial charge >= 0.3 is 0 Å². The normalized spacial score (nSPS) is 14.7. The van der Waals surface area contributed by atoms with Gasteiger partial charge in [-0.25, -0.2) is 9.38 Å². The molecule has 7 heteroatoms. The van der Waals surface area contributed by atoms with Crippen LogP contribution >= 0.6 is 24.0 Å². The van der Waals surface area contributed by atoms with E-state index in [1.54, 1.807) is 6.07 Å². The molecular formula is C24H33FIN3O2. The van der Waals surface area contributed by atoms with Crippen LogP contribution in [0.3, 0.4) is 0 Å². The van der Waals surface area contributed by atoms with Crippen molar-refractivity contribution in [1.82, 2.24) is 10.6 Å². The molecule has 2 aromatic carbocycles. The molecule has 1 aliphatic heterocycles. The van der Waals surface area contributed by atoms with Gasteiger partial charge in [0.25, 0.3) is 0 Å². The highest BCUT2D eigenvalue weighted by atomic mass is 127. The lowest BCUT2D eigenvalue weighted by molar-refractivity contribution is -0.0390. The molecule has 5 nitrogen and oxygen atoms in total. The Kier molecular flexibility index (Phi) is 11.8. The third-order valence-corrected chi connectivity index (χ3v) is 5.09. The van der Waals surface area contributed by atoms with Crippen LogP contribution in [0.15, 0.2) is 53.5 Å². The van der Waals surface area contributed by atoms with E-state index < -0.39 is 0 Å². The predicted molar refractivity (Wildman–Crippen MR) is 133 cm³/mol. The molecule has 1 aliphatic rings. The first-order chi connectivity index (χ1) is 14.7. The van der Waals surface area contributed by atoms with Crippen LogP contribution in [-0.2, 0) is 29.0 Å². The second-order valence-corrected chi connectivity index (χ2v) is 7.40. The summed E-state index contributed by atoms with van der Waals surface area (Å²) in [5.41, 5.74) is 3.01. The molecule has 31 heavy (non-hydrogen) atoms. The van der Waals surface area contributed by atoms with Crippen molar-refractivity contribution in [2.24, 2.45) is 4.99 Å². The van der Waals surface area contributed by atoms with E-state index in [1.165, 1.54) is 11.6 Å². The van der Waals surface area contributed by atoms with Gasteiger partial charge in [0.15, 0.2) is 5.96 Å². The average Bonchev–Trinajstić information content (AvgIpc) is 2.79. The SMILES string of the molecule is CCNC(=NCc1ccc(COC2CCOCC2)cc1)NCCc1ccccc1F.I. The highest BCUT2D eigenvalue weighted by molar-refractivity contribution is 14.0. The zero-order chi connectivity index (χ0) is 21.0. The Bertz CT molecular complexity index is 796. The van der Waals surface area contributed by atoms with E-state index in [0.717, 1.165) is 44.1 Å². The van der Waals surface area contributed by atoms with Gasteiger partial charge in [0.1, 0.15) is 5.82 Å². The Morgan fingerprint density at radius 1 is 1.06 bits per heavy atom. The first-order valence-corrected chi connectivity index (χ1v) is 10.8. The molecule has 0 aromatic heterocycles. The lowest BCUT2D eigenvalue weighted by Crippen LogP contribution is -2.38. The van der Waals surface area contributed by atoms with Crippen LogP contribution in [0.5, 0.6) is 0 Å². The average molecular weight is 541 g/mol. The van der Waals surface area contributed by atoms with Gasteiger partial charge < -0.3 is 20.1 Å². The fourth-order valence-corrected chi connectivity index (χ4v) is 3.33. The van der Waals surface area contributed by atoms with Crippen molar-refractivity contribution < 1.29 is 13.9 Å². The summed E-state index contributed by atoms with van der Waals surface area (Å²) in [6.45, 7) is 6.23. The van der Waals surface area contributed by atoms with E-state index >= 15 is 0 Å². The van der Waals surface area contributed by atoms with E-state index in [1.807, 2.05) is 19.1 Å². The second-order valence-electron chi connectivity index (χ2n) is 7.40. The molecule has 170 valence electrons. The topological polar surface area (TPSA) is 54.9 Å². The molecule has 2 N–H and O–H groups in total. The van der Waals surface area contributed by atoms with Crippen LogP contribution < -0.4 is 10.6 Å². The molecule has 0 spiro atoms. The molecule has 0 atom stereocenters. The number of guanidine groups is 1. The van der Waals surface area contributed by atoms with Crippen LogP contribution in [0.4, 0.5) is 4.39 Å². The van der Waals surface area contributed by atoms with Gasteiger partial charge in [0.05, 0.1) is 19.3 Å². The summed E-state index contributed by atoms with van der Waals surface area (Å²) in [6, 6.07) is 15.3.